The summed E-state index contributed by atoms with van der Waals surface area (Å²) in [5, 5.41) is 11.1. The Morgan fingerprint density at radius 2 is 1.71 bits per heavy atom. The predicted molar refractivity (Wildman–Crippen MR) is 113 cm³/mol. The monoisotopic (exact) mass is 377 g/mol. The number of para-hydroxylation sites is 2. The molecular weight excluding hydrogens is 350 g/mol. The van der Waals surface area contributed by atoms with E-state index in [1.54, 1.807) is 14.2 Å². The molecule has 1 heterocycles. The number of hydrogen-bond acceptors (Lipinski definition) is 3. The minimum Gasteiger partial charge on any atom is -0.496 e. The van der Waals surface area contributed by atoms with Crippen molar-refractivity contribution in [3.63, 3.8) is 0 Å². The van der Waals surface area contributed by atoms with E-state index in [-0.39, 0.29) is 0 Å². The molecule has 0 saturated carbocycles. The summed E-state index contributed by atoms with van der Waals surface area (Å²) in [6.45, 7) is 1.57. The average Bonchev–Trinajstić information content (AvgIpc) is 3.22. The van der Waals surface area contributed by atoms with Gasteiger partial charge in [-0.2, -0.15) is 5.10 Å². The highest BCUT2D eigenvalue weighted by molar-refractivity contribution is 5.79. The van der Waals surface area contributed by atoms with Crippen LogP contribution >= 0.6 is 0 Å². The zero-order valence-corrected chi connectivity index (χ0v) is 16.4. The van der Waals surface area contributed by atoms with Gasteiger partial charge in [-0.15, -0.1) is 0 Å². The quantitative estimate of drug-likeness (QED) is 0.468. The molecule has 2 N–H and O–H groups in total. The molecule has 0 spiro atoms. The largest absolute Gasteiger partial charge is 0.496 e. The van der Waals surface area contributed by atoms with Gasteiger partial charge < -0.3 is 15.4 Å². The Morgan fingerprint density at radius 1 is 1.00 bits per heavy atom. The summed E-state index contributed by atoms with van der Waals surface area (Å²) < 4.78 is 7.29. The Kier molecular flexibility index (Phi) is 7.07. The van der Waals surface area contributed by atoms with Gasteiger partial charge in [0.05, 0.1) is 19.0 Å². The van der Waals surface area contributed by atoms with E-state index in [0.29, 0.717) is 0 Å². The highest BCUT2D eigenvalue weighted by Gasteiger charge is 2.04. The molecular formula is C22H27N5O. The molecule has 0 atom stereocenters. The van der Waals surface area contributed by atoms with Gasteiger partial charge in [-0.05, 0) is 42.2 Å². The lowest BCUT2D eigenvalue weighted by Crippen LogP contribution is -2.39. The molecule has 6 nitrogen and oxygen atoms in total. The SMILES string of the molecule is CN=C(NCCc1cnn(-c2ccccc2)c1)NCCc1ccccc1OC. The number of benzene rings is 2. The summed E-state index contributed by atoms with van der Waals surface area (Å²) in [4.78, 5) is 4.29. The molecule has 0 aliphatic heterocycles. The van der Waals surface area contributed by atoms with E-state index in [4.69, 9.17) is 4.74 Å². The van der Waals surface area contributed by atoms with E-state index in [1.807, 2.05) is 59.4 Å². The highest BCUT2D eigenvalue weighted by atomic mass is 16.5. The van der Waals surface area contributed by atoms with Gasteiger partial charge in [0, 0.05) is 26.3 Å². The lowest BCUT2D eigenvalue weighted by atomic mass is 10.1. The first-order chi connectivity index (χ1) is 13.8. The fourth-order valence-electron chi connectivity index (χ4n) is 2.98. The minimum absolute atomic E-state index is 0.784. The van der Waals surface area contributed by atoms with Crippen LogP contribution in [0.15, 0.2) is 72.0 Å². The highest BCUT2D eigenvalue weighted by Crippen LogP contribution is 2.17. The van der Waals surface area contributed by atoms with Crippen molar-refractivity contribution in [1.29, 1.82) is 0 Å². The number of methoxy groups -OCH3 is 1. The van der Waals surface area contributed by atoms with Crippen molar-refractivity contribution in [2.75, 3.05) is 27.2 Å². The van der Waals surface area contributed by atoms with Crippen LogP contribution in [0.1, 0.15) is 11.1 Å². The molecule has 0 radical (unpaired) electrons. The van der Waals surface area contributed by atoms with E-state index < -0.39 is 0 Å². The van der Waals surface area contributed by atoms with Gasteiger partial charge in [-0.1, -0.05) is 36.4 Å². The van der Waals surface area contributed by atoms with Gasteiger partial charge in [-0.25, -0.2) is 4.68 Å². The number of ether oxygens (including phenoxy) is 1. The molecule has 0 saturated heterocycles. The fraction of sp³-hybridized carbons (Fsp3) is 0.273. The second kappa shape index (κ2) is 10.2. The van der Waals surface area contributed by atoms with Crippen molar-refractivity contribution >= 4 is 5.96 Å². The van der Waals surface area contributed by atoms with Crippen LogP contribution in [0.4, 0.5) is 0 Å². The Hall–Kier alpha value is -3.28. The summed E-state index contributed by atoms with van der Waals surface area (Å²) in [6, 6.07) is 18.2. The van der Waals surface area contributed by atoms with Crippen molar-refractivity contribution in [2.24, 2.45) is 4.99 Å². The number of rotatable bonds is 8. The molecule has 0 fully saturated rings. The van der Waals surface area contributed by atoms with Gasteiger partial charge in [0.1, 0.15) is 5.75 Å². The number of guanidine groups is 1. The number of hydrogen-bond donors (Lipinski definition) is 2. The molecule has 146 valence electrons. The van der Waals surface area contributed by atoms with Crippen molar-refractivity contribution in [2.45, 2.75) is 12.8 Å². The first-order valence-electron chi connectivity index (χ1n) is 9.45. The topological polar surface area (TPSA) is 63.5 Å². The summed E-state index contributed by atoms with van der Waals surface area (Å²) in [6.07, 6.45) is 5.72. The van der Waals surface area contributed by atoms with Crippen LogP contribution in [0.3, 0.4) is 0 Å². The van der Waals surface area contributed by atoms with E-state index in [0.717, 1.165) is 43.3 Å². The maximum absolute atomic E-state index is 5.40. The first-order valence-corrected chi connectivity index (χ1v) is 9.45. The van der Waals surface area contributed by atoms with Crippen LogP contribution in [-0.2, 0) is 12.8 Å². The first kappa shape index (κ1) is 19.5. The van der Waals surface area contributed by atoms with E-state index in [2.05, 4.69) is 33.0 Å². The Labute approximate surface area is 166 Å². The molecule has 28 heavy (non-hydrogen) atoms. The number of aliphatic imine (C=N–C) groups is 1. The van der Waals surface area contributed by atoms with Crippen LogP contribution in [0.5, 0.6) is 5.75 Å². The summed E-state index contributed by atoms with van der Waals surface area (Å²) in [5.74, 6) is 1.72. The van der Waals surface area contributed by atoms with Crippen LogP contribution < -0.4 is 15.4 Å². The maximum atomic E-state index is 5.40. The van der Waals surface area contributed by atoms with Crippen LogP contribution in [0, 0.1) is 0 Å². The van der Waals surface area contributed by atoms with Gasteiger partial charge >= 0.3 is 0 Å². The van der Waals surface area contributed by atoms with E-state index in [1.165, 1.54) is 11.1 Å². The lowest BCUT2D eigenvalue weighted by molar-refractivity contribution is 0.409. The standard InChI is InChI=1S/C22H27N5O/c1-23-22(25-15-13-19-8-6-7-11-21(19)28-2)24-14-12-18-16-26-27(17-18)20-9-4-3-5-10-20/h3-11,16-17H,12-15H2,1-2H3,(H2,23,24,25). The predicted octanol–water partition coefficient (Wildman–Crippen LogP) is 2.83. The molecule has 0 aliphatic carbocycles. The normalized spacial score (nSPS) is 11.3. The molecule has 0 unspecified atom stereocenters. The Bertz CT molecular complexity index is 889. The Morgan fingerprint density at radius 3 is 2.46 bits per heavy atom. The summed E-state index contributed by atoms with van der Waals surface area (Å²) in [5.41, 5.74) is 3.43. The smallest absolute Gasteiger partial charge is 0.190 e. The lowest BCUT2D eigenvalue weighted by Gasteiger charge is -2.12. The molecule has 0 amide bonds. The molecule has 0 aliphatic rings. The van der Waals surface area contributed by atoms with Gasteiger partial charge in [0.2, 0.25) is 0 Å². The third-order valence-corrected chi connectivity index (χ3v) is 4.47. The van der Waals surface area contributed by atoms with Crippen molar-refractivity contribution < 1.29 is 4.74 Å². The zero-order valence-electron chi connectivity index (χ0n) is 16.4. The molecule has 0 bridgehead atoms. The van der Waals surface area contributed by atoms with Crippen molar-refractivity contribution in [3.05, 3.63) is 78.1 Å². The summed E-state index contributed by atoms with van der Waals surface area (Å²) >= 11 is 0. The second-order valence-corrected chi connectivity index (χ2v) is 6.37. The Balaban J connectivity index is 1.43. The minimum atomic E-state index is 0.784. The average molecular weight is 377 g/mol. The summed E-state index contributed by atoms with van der Waals surface area (Å²) in [7, 11) is 3.48. The van der Waals surface area contributed by atoms with Crippen LogP contribution in [-0.4, -0.2) is 43.0 Å². The number of aromatic nitrogens is 2. The van der Waals surface area contributed by atoms with E-state index >= 15 is 0 Å². The number of nitrogens with zero attached hydrogens (tertiary/aromatic N) is 3. The molecule has 6 heteroatoms. The fourth-order valence-corrected chi connectivity index (χ4v) is 2.98. The van der Waals surface area contributed by atoms with Crippen LogP contribution in [0.2, 0.25) is 0 Å². The van der Waals surface area contributed by atoms with Crippen molar-refractivity contribution in [1.82, 2.24) is 20.4 Å². The van der Waals surface area contributed by atoms with Gasteiger partial charge in [0.25, 0.3) is 0 Å². The molecule has 2 aromatic carbocycles. The maximum Gasteiger partial charge on any atom is 0.190 e. The number of nitrogens with one attached hydrogen (secondary N) is 2. The second-order valence-electron chi connectivity index (χ2n) is 6.37. The van der Waals surface area contributed by atoms with Crippen molar-refractivity contribution in [3.8, 4) is 11.4 Å². The third kappa shape index (κ3) is 5.36. The van der Waals surface area contributed by atoms with Crippen LogP contribution in [0.25, 0.3) is 5.69 Å². The molecule has 3 rings (SSSR count). The molecule has 1 aromatic heterocycles. The molecule has 3 aromatic rings. The van der Waals surface area contributed by atoms with E-state index in [9.17, 15) is 0 Å². The zero-order chi connectivity index (χ0) is 19.6. The van der Waals surface area contributed by atoms with Gasteiger partial charge in [-0.3, -0.25) is 4.99 Å². The van der Waals surface area contributed by atoms with Gasteiger partial charge in [0.15, 0.2) is 5.96 Å². The third-order valence-electron chi connectivity index (χ3n) is 4.47.